The topological polar surface area (TPSA) is 57.3 Å². The zero-order valence-electron chi connectivity index (χ0n) is 11.6. The van der Waals surface area contributed by atoms with Gasteiger partial charge in [0.2, 0.25) is 0 Å². The van der Waals surface area contributed by atoms with Gasteiger partial charge in [-0.3, -0.25) is 9.09 Å². The summed E-state index contributed by atoms with van der Waals surface area (Å²) in [5.74, 6) is 0.335. The van der Waals surface area contributed by atoms with Crippen molar-refractivity contribution in [1.82, 2.24) is 9.72 Å². The number of rotatable bonds is 5. The number of hydrogen-bond donors (Lipinski definition) is 0. The number of allylic oxidation sites excluding steroid dienone is 2. The lowest BCUT2D eigenvalue weighted by Gasteiger charge is -2.07. The highest BCUT2D eigenvalue weighted by Gasteiger charge is 2.11. The molecule has 5 nitrogen and oxygen atoms in total. The molecule has 1 aromatic carbocycles. The van der Waals surface area contributed by atoms with E-state index in [9.17, 15) is 4.79 Å². The number of aromatic nitrogens is 2. The first-order chi connectivity index (χ1) is 9.97. The number of hydrogen-bond acceptors (Lipinski definition) is 4. The van der Waals surface area contributed by atoms with Gasteiger partial charge >= 0.3 is 5.76 Å². The quantitative estimate of drug-likeness (QED) is 0.785. The zero-order chi connectivity index (χ0) is 15.4. The second-order valence-electron chi connectivity index (χ2n) is 4.62. The van der Waals surface area contributed by atoms with Gasteiger partial charge in [-0.25, -0.2) is 4.79 Å². The SMILES string of the molecule is CC(C)=CCn1c(COc2ccc(Cl)cc2Cl)noc1=O. The van der Waals surface area contributed by atoms with Gasteiger partial charge in [0.05, 0.1) is 5.02 Å². The molecule has 0 aliphatic carbocycles. The molecule has 0 unspecified atom stereocenters. The van der Waals surface area contributed by atoms with E-state index in [1.807, 2.05) is 19.9 Å². The molecule has 0 aliphatic heterocycles. The lowest BCUT2D eigenvalue weighted by atomic mass is 10.3. The molecule has 0 N–H and O–H groups in total. The number of benzene rings is 1. The van der Waals surface area contributed by atoms with Crippen molar-refractivity contribution >= 4 is 23.2 Å². The highest BCUT2D eigenvalue weighted by Crippen LogP contribution is 2.27. The Hall–Kier alpha value is -1.72. The lowest BCUT2D eigenvalue weighted by Crippen LogP contribution is -2.17. The van der Waals surface area contributed by atoms with Crippen molar-refractivity contribution in [3.63, 3.8) is 0 Å². The smallest absolute Gasteiger partial charge is 0.441 e. The van der Waals surface area contributed by atoms with Crippen molar-refractivity contribution in [2.24, 2.45) is 0 Å². The first-order valence-corrected chi connectivity index (χ1v) is 6.99. The fraction of sp³-hybridized carbons (Fsp3) is 0.286. The highest BCUT2D eigenvalue weighted by molar-refractivity contribution is 6.35. The summed E-state index contributed by atoms with van der Waals surface area (Å²) in [6, 6.07) is 4.91. The maximum absolute atomic E-state index is 11.6. The Morgan fingerprint density at radius 1 is 1.43 bits per heavy atom. The molecule has 1 aromatic heterocycles. The van der Waals surface area contributed by atoms with E-state index in [4.69, 9.17) is 27.9 Å². The van der Waals surface area contributed by atoms with Gasteiger partial charge in [0.15, 0.2) is 5.82 Å². The van der Waals surface area contributed by atoms with Gasteiger partial charge in [-0.05, 0) is 32.0 Å². The number of ether oxygens (including phenoxy) is 1. The molecule has 0 bridgehead atoms. The first kappa shape index (κ1) is 15.7. The summed E-state index contributed by atoms with van der Waals surface area (Å²) < 4.78 is 11.6. The van der Waals surface area contributed by atoms with Gasteiger partial charge in [0.25, 0.3) is 0 Å². The molecule has 0 saturated carbocycles. The summed E-state index contributed by atoms with van der Waals surface area (Å²) in [6.45, 7) is 4.35. The van der Waals surface area contributed by atoms with E-state index in [2.05, 4.69) is 9.68 Å². The Morgan fingerprint density at radius 3 is 2.86 bits per heavy atom. The Morgan fingerprint density at radius 2 is 2.19 bits per heavy atom. The van der Waals surface area contributed by atoms with Gasteiger partial charge in [0, 0.05) is 11.6 Å². The van der Waals surface area contributed by atoms with E-state index >= 15 is 0 Å². The third kappa shape index (κ3) is 4.12. The van der Waals surface area contributed by atoms with Gasteiger partial charge in [-0.1, -0.05) is 40.0 Å². The van der Waals surface area contributed by atoms with Crippen LogP contribution in [0.25, 0.3) is 0 Å². The molecule has 0 amide bonds. The van der Waals surface area contributed by atoms with Crippen molar-refractivity contribution in [3.8, 4) is 5.75 Å². The summed E-state index contributed by atoms with van der Waals surface area (Å²) in [7, 11) is 0. The second kappa shape index (κ2) is 6.83. The van der Waals surface area contributed by atoms with Crippen molar-refractivity contribution in [3.05, 3.63) is 56.3 Å². The maximum Gasteiger partial charge on any atom is 0.441 e. The third-order valence-electron chi connectivity index (χ3n) is 2.69. The van der Waals surface area contributed by atoms with Crippen LogP contribution < -0.4 is 10.5 Å². The van der Waals surface area contributed by atoms with E-state index < -0.39 is 5.76 Å². The Labute approximate surface area is 131 Å². The molecule has 0 fully saturated rings. The van der Waals surface area contributed by atoms with Crippen molar-refractivity contribution in [2.45, 2.75) is 27.0 Å². The van der Waals surface area contributed by atoms with Crippen molar-refractivity contribution in [2.75, 3.05) is 0 Å². The highest BCUT2D eigenvalue weighted by atomic mass is 35.5. The minimum Gasteiger partial charge on any atom is -0.484 e. The molecule has 1 heterocycles. The van der Waals surface area contributed by atoms with E-state index in [-0.39, 0.29) is 6.61 Å². The maximum atomic E-state index is 11.6. The Kier molecular flexibility index (Phi) is 5.09. The van der Waals surface area contributed by atoms with Gasteiger partial charge in [0.1, 0.15) is 12.4 Å². The van der Waals surface area contributed by atoms with E-state index in [0.29, 0.717) is 28.2 Å². The molecule has 0 spiro atoms. The van der Waals surface area contributed by atoms with E-state index in [1.54, 1.807) is 18.2 Å². The summed E-state index contributed by atoms with van der Waals surface area (Å²) in [5.41, 5.74) is 1.09. The monoisotopic (exact) mass is 328 g/mol. The van der Waals surface area contributed by atoms with Crippen molar-refractivity contribution in [1.29, 1.82) is 0 Å². The molecule has 0 aliphatic rings. The van der Waals surface area contributed by atoms with Crippen LogP contribution >= 0.6 is 23.2 Å². The average Bonchev–Trinajstić information content (AvgIpc) is 2.76. The fourth-order valence-electron chi connectivity index (χ4n) is 1.59. The number of nitrogens with zero attached hydrogens (tertiary/aromatic N) is 2. The van der Waals surface area contributed by atoms with Crippen LogP contribution in [0.5, 0.6) is 5.75 Å². The van der Waals surface area contributed by atoms with Crippen LogP contribution in [-0.4, -0.2) is 9.72 Å². The van der Waals surface area contributed by atoms with Crippen LogP contribution in [0.15, 0.2) is 39.2 Å². The van der Waals surface area contributed by atoms with Crippen LogP contribution in [0.4, 0.5) is 0 Å². The second-order valence-corrected chi connectivity index (χ2v) is 5.46. The van der Waals surface area contributed by atoms with Gasteiger partial charge in [-0.15, -0.1) is 0 Å². The molecule has 0 radical (unpaired) electrons. The minimum absolute atomic E-state index is 0.0731. The summed E-state index contributed by atoms with van der Waals surface area (Å²) >= 11 is 11.8. The molecule has 2 rings (SSSR count). The fourth-order valence-corrected chi connectivity index (χ4v) is 2.05. The standard InChI is InChI=1S/C14H14Cl2N2O3/c1-9(2)5-6-18-13(17-21-14(18)19)8-20-12-4-3-10(15)7-11(12)16/h3-5,7H,6,8H2,1-2H3. The third-order valence-corrected chi connectivity index (χ3v) is 3.22. The molecule has 2 aromatic rings. The molecule has 7 heteroatoms. The molecular weight excluding hydrogens is 315 g/mol. The average molecular weight is 329 g/mol. The molecule has 112 valence electrons. The normalized spacial score (nSPS) is 10.5. The zero-order valence-corrected chi connectivity index (χ0v) is 13.1. The van der Waals surface area contributed by atoms with Crippen molar-refractivity contribution < 1.29 is 9.26 Å². The van der Waals surface area contributed by atoms with Crippen LogP contribution in [-0.2, 0) is 13.2 Å². The number of halogens is 2. The Bertz CT molecular complexity index is 715. The van der Waals surface area contributed by atoms with Crippen LogP contribution in [0, 0.1) is 0 Å². The van der Waals surface area contributed by atoms with Gasteiger partial charge < -0.3 is 4.74 Å². The summed E-state index contributed by atoms with van der Waals surface area (Å²) in [4.78, 5) is 11.6. The molecule has 0 saturated heterocycles. The Balaban J connectivity index is 2.13. The minimum atomic E-state index is -0.520. The molecular formula is C14H14Cl2N2O3. The summed E-state index contributed by atoms with van der Waals surface area (Å²) in [5, 5.41) is 4.62. The van der Waals surface area contributed by atoms with E-state index in [0.717, 1.165) is 5.57 Å². The molecule has 21 heavy (non-hydrogen) atoms. The van der Waals surface area contributed by atoms with E-state index in [1.165, 1.54) is 4.57 Å². The van der Waals surface area contributed by atoms with Crippen LogP contribution in [0.1, 0.15) is 19.7 Å². The van der Waals surface area contributed by atoms with Crippen LogP contribution in [0.2, 0.25) is 10.0 Å². The predicted molar refractivity (Wildman–Crippen MR) is 81.0 cm³/mol. The van der Waals surface area contributed by atoms with Gasteiger partial charge in [-0.2, -0.15) is 0 Å². The predicted octanol–water partition coefficient (Wildman–Crippen LogP) is 3.69. The largest absolute Gasteiger partial charge is 0.484 e. The van der Waals surface area contributed by atoms with Crippen LogP contribution in [0.3, 0.4) is 0 Å². The molecule has 0 atom stereocenters. The lowest BCUT2D eigenvalue weighted by molar-refractivity contribution is 0.282. The summed E-state index contributed by atoms with van der Waals surface area (Å²) in [6.07, 6.45) is 1.90. The first-order valence-electron chi connectivity index (χ1n) is 6.24.